The molecule has 96 valence electrons. The lowest BCUT2D eigenvalue weighted by molar-refractivity contribution is -0.151. The molecular formula is C13H22N2O2. The third-order valence-corrected chi connectivity index (χ3v) is 4.01. The van der Waals surface area contributed by atoms with Crippen molar-refractivity contribution in [3.63, 3.8) is 0 Å². The number of imide groups is 1. The molecule has 0 aromatic rings. The van der Waals surface area contributed by atoms with Crippen LogP contribution in [0.2, 0.25) is 0 Å². The van der Waals surface area contributed by atoms with Gasteiger partial charge in [-0.15, -0.1) is 0 Å². The molecule has 0 atom stereocenters. The van der Waals surface area contributed by atoms with Crippen LogP contribution in [0.4, 0.5) is 0 Å². The molecule has 2 saturated heterocycles. The van der Waals surface area contributed by atoms with Gasteiger partial charge in [-0.1, -0.05) is 13.3 Å². The Labute approximate surface area is 103 Å². The van der Waals surface area contributed by atoms with Gasteiger partial charge in [0.25, 0.3) is 0 Å². The number of carbonyl (C=O) groups excluding carboxylic acids is 2. The largest absolute Gasteiger partial charge is 0.317 e. The molecule has 2 amide bonds. The van der Waals surface area contributed by atoms with Crippen LogP contribution in [0.1, 0.15) is 39.0 Å². The van der Waals surface area contributed by atoms with Gasteiger partial charge in [-0.3, -0.25) is 14.5 Å². The molecule has 2 heterocycles. The predicted molar refractivity (Wildman–Crippen MR) is 65.3 cm³/mol. The van der Waals surface area contributed by atoms with Crippen LogP contribution in [0.3, 0.4) is 0 Å². The van der Waals surface area contributed by atoms with E-state index in [9.17, 15) is 9.59 Å². The van der Waals surface area contributed by atoms with Crippen LogP contribution in [-0.2, 0) is 9.59 Å². The number of nitrogens with one attached hydrogen (secondary N) is 1. The van der Waals surface area contributed by atoms with Gasteiger partial charge in [0.05, 0.1) is 0 Å². The summed E-state index contributed by atoms with van der Waals surface area (Å²) >= 11 is 0. The van der Waals surface area contributed by atoms with Crippen LogP contribution in [0, 0.1) is 11.8 Å². The Hall–Kier alpha value is -0.900. The number of piperidine rings is 2. The van der Waals surface area contributed by atoms with Gasteiger partial charge < -0.3 is 5.32 Å². The van der Waals surface area contributed by atoms with Crippen LogP contribution in [-0.4, -0.2) is 36.3 Å². The maximum Gasteiger partial charge on any atom is 0.229 e. The van der Waals surface area contributed by atoms with E-state index < -0.39 is 0 Å². The fourth-order valence-electron chi connectivity index (χ4n) is 2.74. The first kappa shape index (κ1) is 12.6. The number of amides is 2. The average molecular weight is 238 g/mol. The molecule has 4 heteroatoms. The van der Waals surface area contributed by atoms with Crippen molar-refractivity contribution < 1.29 is 9.59 Å². The Bertz CT molecular complexity index is 280. The van der Waals surface area contributed by atoms with Crippen molar-refractivity contribution >= 4 is 11.8 Å². The summed E-state index contributed by atoms with van der Waals surface area (Å²) < 4.78 is 0. The van der Waals surface area contributed by atoms with Gasteiger partial charge in [0.1, 0.15) is 0 Å². The maximum absolute atomic E-state index is 11.9. The first-order valence-corrected chi connectivity index (χ1v) is 6.74. The van der Waals surface area contributed by atoms with Crippen LogP contribution in [0.15, 0.2) is 0 Å². The van der Waals surface area contributed by atoms with Crippen molar-refractivity contribution in [2.45, 2.75) is 39.0 Å². The monoisotopic (exact) mass is 238 g/mol. The SMILES string of the molecule is CCC1CC(=O)N(CC2CCNCC2)C(=O)C1. The van der Waals surface area contributed by atoms with E-state index in [-0.39, 0.29) is 17.7 Å². The van der Waals surface area contributed by atoms with Crippen molar-refractivity contribution in [3.05, 3.63) is 0 Å². The summed E-state index contributed by atoms with van der Waals surface area (Å²) in [6.45, 7) is 4.72. The molecule has 0 saturated carbocycles. The molecule has 2 rings (SSSR count). The lowest BCUT2D eigenvalue weighted by atomic mass is 9.91. The minimum atomic E-state index is 0.0478. The Morgan fingerprint density at radius 2 is 1.71 bits per heavy atom. The molecule has 0 aromatic heterocycles. The van der Waals surface area contributed by atoms with Gasteiger partial charge in [-0.2, -0.15) is 0 Å². The van der Waals surface area contributed by atoms with E-state index >= 15 is 0 Å². The molecule has 0 aromatic carbocycles. The maximum atomic E-state index is 11.9. The molecule has 0 aliphatic carbocycles. The molecule has 0 radical (unpaired) electrons. The van der Waals surface area contributed by atoms with E-state index in [2.05, 4.69) is 5.32 Å². The van der Waals surface area contributed by atoms with Crippen molar-refractivity contribution in [2.24, 2.45) is 11.8 Å². The second-order valence-corrected chi connectivity index (χ2v) is 5.27. The Kier molecular flexibility index (Phi) is 4.15. The summed E-state index contributed by atoms with van der Waals surface area (Å²) in [6, 6.07) is 0. The third-order valence-electron chi connectivity index (χ3n) is 4.01. The fourth-order valence-corrected chi connectivity index (χ4v) is 2.74. The van der Waals surface area contributed by atoms with Crippen molar-refractivity contribution in [1.82, 2.24) is 10.2 Å². The van der Waals surface area contributed by atoms with Crippen LogP contribution < -0.4 is 5.32 Å². The van der Waals surface area contributed by atoms with E-state index in [1.165, 1.54) is 4.90 Å². The summed E-state index contributed by atoms with van der Waals surface area (Å²) in [6.07, 6.45) is 4.21. The first-order chi connectivity index (χ1) is 8.20. The number of rotatable bonds is 3. The highest BCUT2D eigenvalue weighted by molar-refractivity contribution is 5.97. The van der Waals surface area contributed by atoms with Crippen molar-refractivity contribution in [3.8, 4) is 0 Å². The molecule has 2 aliphatic rings. The second kappa shape index (κ2) is 5.63. The van der Waals surface area contributed by atoms with E-state index in [0.29, 0.717) is 25.3 Å². The van der Waals surface area contributed by atoms with Crippen LogP contribution in [0.5, 0.6) is 0 Å². The summed E-state index contributed by atoms with van der Waals surface area (Å²) in [7, 11) is 0. The Balaban J connectivity index is 1.91. The standard InChI is InChI=1S/C13H22N2O2/c1-2-10-7-12(16)15(13(17)8-10)9-11-3-5-14-6-4-11/h10-11,14H,2-9H2,1H3. The Morgan fingerprint density at radius 3 is 2.24 bits per heavy atom. The molecule has 0 bridgehead atoms. The minimum Gasteiger partial charge on any atom is -0.317 e. The zero-order chi connectivity index (χ0) is 12.3. The normalized spacial score (nSPS) is 24.4. The number of nitrogens with zero attached hydrogens (tertiary/aromatic N) is 1. The zero-order valence-corrected chi connectivity index (χ0v) is 10.6. The summed E-state index contributed by atoms with van der Waals surface area (Å²) in [4.78, 5) is 25.4. The molecule has 1 N–H and O–H groups in total. The van der Waals surface area contributed by atoms with Gasteiger partial charge in [0, 0.05) is 19.4 Å². The number of hydrogen-bond donors (Lipinski definition) is 1. The van der Waals surface area contributed by atoms with Crippen LogP contribution >= 0.6 is 0 Å². The molecule has 0 unspecified atom stereocenters. The molecule has 0 spiro atoms. The lowest BCUT2D eigenvalue weighted by Crippen LogP contribution is -2.46. The molecular weight excluding hydrogens is 216 g/mol. The number of hydrogen-bond acceptors (Lipinski definition) is 3. The third kappa shape index (κ3) is 3.06. The first-order valence-electron chi connectivity index (χ1n) is 6.74. The topological polar surface area (TPSA) is 49.4 Å². The van der Waals surface area contributed by atoms with Crippen LogP contribution in [0.25, 0.3) is 0 Å². The van der Waals surface area contributed by atoms with E-state index in [4.69, 9.17) is 0 Å². The van der Waals surface area contributed by atoms with Crippen molar-refractivity contribution in [1.29, 1.82) is 0 Å². The summed E-state index contributed by atoms with van der Waals surface area (Å²) in [5, 5.41) is 3.30. The van der Waals surface area contributed by atoms with Gasteiger partial charge in [-0.25, -0.2) is 0 Å². The van der Waals surface area contributed by atoms with Crippen molar-refractivity contribution in [2.75, 3.05) is 19.6 Å². The Morgan fingerprint density at radius 1 is 1.12 bits per heavy atom. The van der Waals surface area contributed by atoms with Gasteiger partial charge in [0.2, 0.25) is 11.8 Å². The molecule has 17 heavy (non-hydrogen) atoms. The zero-order valence-electron chi connectivity index (χ0n) is 10.6. The number of likely N-dealkylation sites (tertiary alicyclic amines) is 1. The fraction of sp³-hybridized carbons (Fsp3) is 0.846. The van der Waals surface area contributed by atoms with Gasteiger partial charge in [-0.05, 0) is 37.8 Å². The van der Waals surface area contributed by atoms with Gasteiger partial charge in [0.15, 0.2) is 0 Å². The highest BCUT2D eigenvalue weighted by Gasteiger charge is 2.33. The van der Waals surface area contributed by atoms with E-state index in [1.807, 2.05) is 6.92 Å². The molecule has 2 aliphatic heterocycles. The lowest BCUT2D eigenvalue weighted by Gasteiger charge is -2.33. The minimum absolute atomic E-state index is 0.0478. The highest BCUT2D eigenvalue weighted by atomic mass is 16.2. The average Bonchev–Trinajstić information content (AvgIpc) is 2.35. The highest BCUT2D eigenvalue weighted by Crippen LogP contribution is 2.24. The smallest absolute Gasteiger partial charge is 0.229 e. The quantitative estimate of drug-likeness (QED) is 0.751. The number of carbonyl (C=O) groups is 2. The van der Waals surface area contributed by atoms with E-state index in [1.54, 1.807) is 0 Å². The van der Waals surface area contributed by atoms with Gasteiger partial charge >= 0.3 is 0 Å². The summed E-state index contributed by atoms with van der Waals surface area (Å²) in [5.74, 6) is 0.875. The molecule has 2 fully saturated rings. The van der Waals surface area contributed by atoms with E-state index in [0.717, 1.165) is 32.4 Å². The molecule has 4 nitrogen and oxygen atoms in total. The summed E-state index contributed by atoms with van der Waals surface area (Å²) in [5.41, 5.74) is 0. The second-order valence-electron chi connectivity index (χ2n) is 5.27. The predicted octanol–water partition coefficient (Wildman–Crippen LogP) is 1.16.